The molecule has 0 saturated carbocycles. The van der Waals surface area contributed by atoms with Crippen LogP contribution in [0, 0.1) is 0 Å². The summed E-state index contributed by atoms with van der Waals surface area (Å²) in [6.07, 6.45) is 2.72. The lowest BCUT2D eigenvalue weighted by molar-refractivity contribution is -0.113. The molecule has 8 heteroatoms. The summed E-state index contributed by atoms with van der Waals surface area (Å²) in [5.74, 6) is -0.258. The third kappa shape index (κ3) is 6.31. The van der Waals surface area contributed by atoms with E-state index in [1.165, 1.54) is 0 Å². The fraction of sp³-hybridized carbons (Fsp3) is 0.400. The van der Waals surface area contributed by atoms with Crippen LogP contribution >= 0.6 is 0 Å². The molecule has 0 radical (unpaired) electrons. The third-order valence-electron chi connectivity index (χ3n) is 4.48. The third-order valence-corrected chi connectivity index (χ3v) is 6.09. The second-order valence-electron chi connectivity index (χ2n) is 6.73. The normalized spacial score (nSPS) is 14.6. The van der Waals surface area contributed by atoms with E-state index in [1.54, 1.807) is 12.3 Å². The zero-order chi connectivity index (χ0) is 19.8. The number of carbonyl (C=O) groups is 1. The van der Waals surface area contributed by atoms with Crippen LogP contribution in [0.3, 0.4) is 0 Å². The van der Waals surface area contributed by atoms with Crippen molar-refractivity contribution in [3.05, 3.63) is 54.2 Å². The van der Waals surface area contributed by atoms with Crippen molar-refractivity contribution in [1.82, 2.24) is 4.98 Å². The van der Waals surface area contributed by atoms with Gasteiger partial charge in [0.15, 0.2) is 9.84 Å². The highest BCUT2D eigenvalue weighted by molar-refractivity contribution is 7.92. The Kier molecular flexibility index (Phi) is 7.00. The van der Waals surface area contributed by atoms with Crippen LogP contribution in [0.1, 0.15) is 12.0 Å². The van der Waals surface area contributed by atoms with Crippen LogP contribution in [0.2, 0.25) is 0 Å². The number of sulfone groups is 1. The summed E-state index contributed by atoms with van der Waals surface area (Å²) in [4.78, 5) is 18.5. The van der Waals surface area contributed by atoms with Crippen molar-refractivity contribution in [1.29, 1.82) is 0 Å². The number of amides is 1. The van der Waals surface area contributed by atoms with E-state index in [0.717, 1.165) is 24.5 Å². The van der Waals surface area contributed by atoms with Gasteiger partial charge < -0.3 is 15.0 Å². The minimum Gasteiger partial charge on any atom is -0.378 e. The summed E-state index contributed by atoms with van der Waals surface area (Å²) in [5.41, 5.74) is 1.58. The Morgan fingerprint density at radius 3 is 2.54 bits per heavy atom. The molecule has 1 aliphatic rings. The molecule has 0 unspecified atom stereocenters. The number of nitrogens with one attached hydrogen (secondary N) is 1. The standard InChI is InChI=1S/C20H25N3O4S/c24-20(16-28(25,26)14-4-7-17-5-2-1-3-6-17)22-18-8-9-19(21-15-18)23-10-12-27-13-11-23/h1-3,5-6,8-9,15H,4,7,10-14,16H2,(H,22,24). The topological polar surface area (TPSA) is 88.6 Å². The van der Waals surface area contributed by atoms with Gasteiger partial charge in [-0.2, -0.15) is 0 Å². The Hall–Kier alpha value is -2.45. The van der Waals surface area contributed by atoms with Crippen molar-refractivity contribution in [2.45, 2.75) is 12.8 Å². The van der Waals surface area contributed by atoms with Gasteiger partial charge in [0, 0.05) is 13.1 Å². The minimum absolute atomic E-state index is 0.0104. The second-order valence-corrected chi connectivity index (χ2v) is 8.92. The molecule has 7 nitrogen and oxygen atoms in total. The van der Waals surface area contributed by atoms with E-state index in [2.05, 4.69) is 15.2 Å². The Labute approximate surface area is 165 Å². The average Bonchev–Trinajstić information content (AvgIpc) is 2.69. The molecule has 150 valence electrons. The molecule has 0 spiro atoms. The Bertz CT molecular complexity index is 864. The first kappa shape index (κ1) is 20.3. The number of aromatic nitrogens is 1. The lowest BCUT2D eigenvalue weighted by Crippen LogP contribution is -2.36. The van der Waals surface area contributed by atoms with Gasteiger partial charge in [-0.05, 0) is 30.5 Å². The van der Waals surface area contributed by atoms with Crippen molar-refractivity contribution in [2.75, 3.05) is 48.0 Å². The number of nitrogens with zero attached hydrogens (tertiary/aromatic N) is 2. The lowest BCUT2D eigenvalue weighted by atomic mass is 10.1. The number of pyridine rings is 1. The predicted molar refractivity (Wildman–Crippen MR) is 109 cm³/mol. The van der Waals surface area contributed by atoms with E-state index in [9.17, 15) is 13.2 Å². The number of ether oxygens (including phenoxy) is 1. The molecule has 2 aromatic rings. The molecule has 28 heavy (non-hydrogen) atoms. The Morgan fingerprint density at radius 1 is 1.11 bits per heavy atom. The SMILES string of the molecule is O=C(CS(=O)(=O)CCCc1ccccc1)Nc1ccc(N2CCOCC2)nc1. The summed E-state index contributed by atoms with van der Waals surface area (Å²) in [6, 6.07) is 13.3. The van der Waals surface area contributed by atoms with Crippen LogP contribution in [0.15, 0.2) is 48.7 Å². The van der Waals surface area contributed by atoms with Gasteiger partial charge in [-0.1, -0.05) is 30.3 Å². The first-order valence-electron chi connectivity index (χ1n) is 9.35. The zero-order valence-electron chi connectivity index (χ0n) is 15.7. The van der Waals surface area contributed by atoms with E-state index < -0.39 is 21.5 Å². The van der Waals surface area contributed by atoms with Crippen LogP contribution in [0.25, 0.3) is 0 Å². The van der Waals surface area contributed by atoms with E-state index in [1.807, 2.05) is 36.4 Å². The number of hydrogen-bond acceptors (Lipinski definition) is 6. The summed E-state index contributed by atoms with van der Waals surface area (Å²) in [5, 5.41) is 2.61. The van der Waals surface area contributed by atoms with Crippen molar-refractivity contribution in [3.63, 3.8) is 0 Å². The van der Waals surface area contributed by atoms with Crippen LogP contribution in [0.4, 0.5) is 11.5 Å². The van der Waals surface area contributed by atoms with Crippen molar-refractivity contribution < 1.29 is 17.9 Å². The molecule has 1 aromatic heterocycles. The summed E-state index contributed by atoms with van der Waals surface area (Å²) in [6.45, 7) is 2.89. The molecule has 1 N–H and O–H groups in total. The summed E-state index contributed by atoms with van der Waals surface area (Å²) in [7, 11) is -3.45. The van der Waals surface area contributed by atoms with Gasteiger partial charge in [-0.25, -0.2) is 13.4 Å². The summed E-state index contributed by atoms with van der Waals surface area (Å²) < 4.78 is 29.7. The predicted octanol–water partition coefficient (Wildman–Crippen LogP) is 1.90. The molecule has 0 bridgehead atoms. The first-order valence-corrected chi connectivity index (χ1v) is 11.2. The number of hydrogen-bond donors (Lipinski definition) is 1. The molecule has 0 atom stereocenters. The van der Waals surface area contributed by atoms with Crippen molar-refractivity contribution in [3.8, 4) is 0 Å². The number of anilines is 2. The maximum Gasteiger partial charge on any atom is 0.239 e. The molecule has 1 fully saturated rings. The molecular weight excluding hydrogens is 378 g/mol. The van der Waals surface area contributed by atoms with Gasteiger partial charge in [0.1, 0.15) is 11.6 Å². The second kappa shape index (κ2) is 9.66. The van der Waals surface area contributed by atoms with E-state index in [-0.39, 0.29) is 5.75 Å². The molecule has 1 saturated heterocycles. The van der Waals surface area contributed by atoms with Gasteiger partial charge >= 0.3 is 0 Å². The zero-order valence-corrected chi connectivity index (χ0v) is 16.5. The number of benzene rings is 1. The number of carbonyl (C=O) groups excluding carboxylic acids is 1. The number of morpholine rings is 1. The van der Waals surface area contributed by atoms with Crippen LogP contribution in [-0.2, 0) is 25.8 Å². The quantitative estimate of drug-likeness (QED) is 0.724. The first-order chi connectivity index (χ1) is 13.5. The van der Waals surface area contributed by atoms with E-state index in [4.69, 9.17) is 4.74 Å². The molecule has 1 aromatic carbocycles. The highest BCUT2D eigenvalue weighted by Crippen LogP contribution is 2.15. The Morgan fingerprint density at radius 2 is 1.86 bits per heavy atom. The molecule has 1 aliphatic heterocycles. The summed E-state index contributed by atoms with van der Waals surface area (Å²) >= 11 is 0. The largest absolute Gasteiger partial charge is 0.378 e. The van der Waals surface area contributed by atoms with Gasteiger partial charge in [0.05, 0.1) is 30.9 Å². The molecule has 1 amide bonds. The van der Waals surface area contributed by atoms with E-state index >= 15 is 0 Å². The number of aryl methyl sites for hydroxylation is 1. The van der Waals surface area contributed by atoms with Gasteiger partial charge in [-0.15, -0.1) is 0 Å². The lowest BCUT2D eigenvalue weighted by Gasteiger charge is -2.27. The van der Waals surface area contributed by atoms with Crippen molar-refractivity contribution in [2.24, 2.45) is 0 Å². The van der Waals surface area contributed by atoms with Gasteiger partial charge in [0.2, 0.25) is 5.91 Å². The minimum atomic E-state index is -3.45. The smallest absolute Gasteiger partial charge is 0.239 e. The fourth-order valence-electron chi connectivity index (χ4n) is 3.05. The molecule has 0 aliphatic carbocycles. The van der Waals surface area contributed by atoms with Gasteiger partial charge in [0.25, 0.3) is 0 Å². The maximum absolute atomic E-state index is 12.2. The Balaban J connectivity index is 1.45. The average molecular weight is 404 g/mol. The number of rotatable bonds is 8. The van der Waals surface area contributed by atoms with Crippen molar-refractivity contribution >= 4 is 27.2 Å². The fourth-order valence-corrected chi connectivity index (χ4v) is 4.25. The highest BCUT2D eigenvalue weighted by atomic mass is 32.2. The van der Waals surface area contributed by atoms with Crippen LogP contribution in [-0.4, -0.2) is 57.1 Å². The van der Waals surface area contributed by atoms with Crippen LogP contribution < -0.4 is 10.2 Å². The molecule has 3 rings (SSSR count). The maximum atomic E-state index is 12.2. The van der Waals surface area contributed by atoms with Crippen LogP contribution in [0.5, 0.6) is 0 Å². The highest BCUT2D eigenvalue weighted by Gasteiger charge is 2.17. The molecular formula is C20H25N3O4S. The van der Waals surface area contributed by atoms with Gasteiger partial charge in [-0.3, -0.25) is 4.79 Å². The monoisotopic (exact) mass is 403 g/mol. The van der Waals surface area contributed by atoms with E-state index in [0.29, 0.717) is 31.7 Å². The molecule has 2 heterocycles.